The lowest BCUT2D eigenvalue weighted by molar-refractivity contribution is -0.115. The van der Waals surface area contributed by atoms with Crippen molar-refractivity contribution in [2.24, 2.45) is 4.99 Å². The molecule has 0 spiro atoms. The van der Waals surface area contributed by atoms with E-state index in [0.29, 0.717) is 22.0 Å². The van der Waals surface area contributed by atoms with Gasteiger partial charge in [0.05, 0.1) is 23.5 Å². The molecular formula is C20H14ClN3O2S. The summed E-state index contributed by atoms with van der Waals surface area (Å²) in [5.74, 6) is -0.342. The normalized spacial score (nSPS) is 13.2. The van der Waals surface area contributed by atoms with Crippen LogP contribution in [-0.4, -0.2) is 17.5 Å². The van der Waals surface area contributed by atoms with Gasteiger partial charge >= 0.3 is 0 Å². The Kier molecular flexibility index (Phi) is 4.75. The number of nitrogens with zero attached hydrogens (tertiary/aromatic N) is 1. The van der Waals surface area contributed by atoms with Crippen molar-refractivity contribution in [2.45, 2.75) is 6.42 Å². The first-order chi connectivity index (χ1) is 13.1. The number of halogens is 1. The summed E-state index contributed by atoms with van der Waals surface area (Å²) in [4.78, 5) is 29.2. The number of nitrogens with one attached hydrogen (secondary N) is 2. The zero-order valence-corrected chi connectivity index (χ0v) is 15.6. The SMILES string of the molecule is O=C1CC(c2cccc(NC(=O)c3ccc(Cl)cc3)c2)=Nc2cscc2N1. The first kappa shape index (κ1) is 17.5. The van der Waals surface area contributed by atoms with E-state index in [9.17, 15) is 9.59 Å². The Balaban J connectivity index is 1.60. The molecule has 4 rings (SSSR count). The third-order valence-corrected chi connectivity index (χ3v) is 5.04. The third-order valence-electron chi connectivity index (χ3n) is 4.06. The molecule has 5 nitrogen and oxygen atoms in total. The van der Waals surface area contributed by atoms with Crippen molar-refractivity contribution >= 4 is 57.5 Å². The summed E-state index contributed by atoms with van der Waals surface area (Å²) in [6, 6.07) is 14.0. The Labute approximate surface area is 164 Å². The number of thiophene rings is 1. The van der Waals surface area contributed by atoms with Crippen LogP contribution in [0.15, 0.2) is 64.3 Å². The van der Waals surface area contributed by atoms with E-state index in [-0.39, 0.29) is 18.2 Å². The van der Waals surface area contributed by atoms with E-state index in [1.807, 2.05) is 29.0 Å². The first-order valence-corrected chi connectivity index (χ1v) is 9.51. The van der Waals surface area contributed by atoms with E-state index >= 15 is 0 Å². The second-order valence-electron chi connectivity index (χ2n) is 6.00. The van der Waals surface area contributed by atoms with Crippen molar-refractivity contribution in [1.82, 2.24) is 0 Å². The highest BCUT2D eigenvalue weighted by molar-refractivity contribution is 7.09. The molecule has 0 unspecified atom stereocenters. The smallest absolute Gasteiger partial charge is 0.255 e. The van der Waals surface area contributed by atoms with Gasteiger partial charge in [0.25, 0.3) is 5.91 Å². The highest BCUT2D eigenvalue weighted by Gasteiger charge is 2.18. The quantitative estimate of drug-likeness (QED) is 0.646. The number of hydrogen-bond acceptors (Lipinski definition) is 4. The van der Waals surface area contributed by atoms with Crippen LogP contribution in [0.5, 0.6) is 0 Å². The molecule has 2 aromatic carbocycles. The van der Waals surface area contributed by atoms with Crippen molar-refractivity contribution < 1.29 is 9.59 Å². The van der Waals surface area contributed by atoms with Gasteiger partial charge in [-0.1, -0.05) is 23.7 Å². The van der Waals surface area contributed by atoms with Crippen molar-refractivity contribution in [1.29, 1.82) is 0 Å². The fourth-order valence-electron chi connectivity index (χ4n) is 2.75. The van der Waals surface area contributed by atoms with Crippen LogP contribution >= 0.6 is 22.9 Å². The molecule has 0 bridgehead atoms. The maximum absolute atomic E-state index is 12.4. The molecule has 0 aliphatic carbocycles. The minimum Gasteiger partial charge on any atom is -0.323 e. The van der Waals surface area contributed by atoms with Gasteiger partial charge in [-0.05, 0) is 42.0 Å². The summed E-state index contributed by atoms with van der Waals surface area (Å²) in [5, 5.41) is 10.0. The number of anilines is 2. The van der Waals surface area contributed by atoms with E-state index in [1.165, 1.54) is 11.3 Å². The van der Waals surface area contributed by atoms with E-state index in [0.717, 1.165) is 16.9 Å². The third kappa shape index (κ3) is 3.92. The predicted molar refractivity (Wildman–Crippen MR) is 110 cm³/mol. The number of carbonyl (C=O) groups excluding carboxylic acids is 2. The van der Waals surface area contributed by atoms with Gasteiger partial charge in [-0.15, -0.1) is 11.3 Å². The lowest BCUT2D eigenvalue weighted by Gasteiger charge is -2.09. The topological polar surface area (TPSA) is 70.6 Å². The lowest BCUT2D eigenvalue weighted by Crippen LogP contribution is -2.15. The van der Waals surface area contributed by atoms with Crippen LogP contribution in [0.2, 0.25) is 5.02 Å². The second kappa shape index (κ2) is 7.34. The van der Waals surface area contributed by atoms with Crippen molar-refractivity contribution in [3.8, 4) is 0 Å². The molecule has 0 saturated carbocycles. The molecule has 2 N–H and O–H groups in total. The van der Waals surface area contributed by atoms with Crippen LogP contribution in [0.1, 0.15) is 22.3 Å². The van der Waals surface area contributed by atoms with Gasteiger partial charge in [0.2, 0.25) is 5.91 Å². The molecule has 0 fully saturated rings. The maximum atomic E-state index is 12.4. The molecule has 0 radical (unpaired) electrons. The number of fused-ring (bicyclic) bond motifs is 1. The molecule has 3 aromatic rings. The van der Waals surface area contributed by atoms with E-state index < -0.39 is 0 Å². The Morgan fingerprint density at radius 1 is 1.15 bits per heavy atom. The summed E-state index contributed by atoms with van der Waals surface area (Å²) in [5.41, 5.74) is 4.07. The Hall–Kier alpha value is -2.96. The van der Waals surface area contributed by atoms with Gasteiger partial charge in [-0.25, -0.2) is 4.99 Å². The maximum Gasteiger partial charge on any atom is 0.255 e. The van der Waals surface area contributed by atoms with Gasteiger partial charge in [0, 0.05) is 27.0 Å². The van der Waals surface area contributed by atoms with Gasteiger partial charge in [-0.2, -0.15) is 0 Å². The minimum atomic E-state index is -0.232. The molecular weight excluding hydrogens is 382 g/mol. The molecule has 134 valence electrons. The highest BCUT2D eigenvalue weighted by atomic mass is 35.5. The summed E-state index contributed by atoms with van der Waals surface area (Å²) in [7, 11) is 0. The van der Waals surface area contributed by atoms with Gasteiger partial charge in [0.1, 0.15) is 0 Å². The molecule has 1 aromatic heterocycles. The fourth-order valence-corrected chi connectivity index (χ4v) is 3.57. The molecule has 2 heterocycles. The molecule has 1 aliphatic rings. The zero-order chi connectivity index (χ0) is 18.8. The zero-order valence-electron chi connectivity index (χ0n) is 14.0. The molecule has 27 heavy (non-hydrogen) atoms. The number of amides is 2. The van der Waals surface area contributed by atoms with E-state index in [2.05, 4.69) is 15.6 Å². The van der Waals surface area contributed by atoms with Crippen LogP contribution in [0, 0.1) is 0 Å². The van der Waals surface area contributed by atoms with E-state index in [1.54, 1.807) is 30.3 Å². The average Bonchev–Trinajstić information content (AvgIpc) is 3.01. The average molecular weight is 396 g/mol. The minimum absolute atomic E-state index is 0.110. The highest BCUT2D eigenvalue weighted by Crippen LogP contribution is 2.32. The molecule has 0 atom stereocenters. The van der Waals surface area contributed by atoms with Gasteiger partial charge in [0.15, 0.2) is 0 Å². The number of hydrogen-bond donors (Lipinski definition) is 2. The van der Waals surface area contributed by atoms with Crippen molar-refractivity contribution in [3.05, 3.63) is 75.4 Å². The molecule has 2 amide bonds. The van der Waals surface area contributed by atoms with Gasteiger partial charge < -0.3 is 10.6 Å². The second-order valence-corrected chi connectivity index (χ2v) is 7.18. The number of rotatable bonds is 3. The largest absolute Gasteiger partial charge is 0.323 e. The molecule has 1 aliphatic heterocycles. The fraction of sp³-hybridized carbons (Fsp3) is 0.0500. The summed E-state index contributed by atoms with van der Waals surface area (Å²) >= 11 is 7.35. The molecule has 7 heteroatoms. The monoisotopic (exact) mass is 395 g/mol. The van der Waals surface area contributed by atoms with Crippen LogP contribution in [0.25, 0.3) is 0 Å². The number of aliphatic imine (C=N–C) groups is 1. The van der Waals surface area contributed by atoms with Gasteiger partial charge in [-0.3, -0.25) is 9.59 Å². The lowest BCUT2D eigenvalue weighted by atomic mass is 10.1. The van der Waals surface area contributed by atoms with Crippen molar-refractivity contribution in [3.63, 3.8) is 0 Å². The van der Waals surface area contributed by atoms with Crippen LogP contribution in [0.4, 0.5) is 17.1 Å². The number of carbonyl (C=O) groups is 2. The van der Waals surface area contributed by atoms with Crippen molar-refractivity contribution in [2.75, 3.05) is 10.6 Å². The Bertz CT molecular complexity index is 1060. The summed E-state index contributed by atoms with van der Waals surface area (Å²) in [6.45, 7) is 0. The summed E-state index contributed by atoms with van der Waals surface area (Å²) < 4.78 is 0. The first-order valence-electron chi connectivity index (χ1n) is 8.19. The van der Waals surface area contributed by atoms with Crippen LogP contribution in [0.3, 0.4) is 0 Å². The Morgan fingerprint density at radius 3 is 2.78 bits per heavy atom. The number of benzene rings is 2. The van der Waals surface area contributed by atoms with E-state index in [4.69, 9.17) is 11.6 Å². The molecule has 0 saturated heterocycles. The van der Waals surface area contributed by atoms with Crippen LogP contribution in [-0.2, 0) is 4.79 Å². The summed E-state index contributed by atoms with van der Waals surface area (Å²) in [6.07, 6.45) is 0.175. The standard InChI is InChI=1S/C20H14ClN3O2S/c21-14-6-4-12(5-7-14)20(26)22-15-3-1-2-13(8-15)16-9-19(25)24-18-11-27-10-17(18)23-16/h1-8,10-11H,9H2,(H,22,26)(H,24,25). The van der Waals surface area contributed by atoms with Crippen LogP contribution < -0.4 is 10.6 Å². The predicted octanol–water partition coefficient (Wildman–Crippen LogP) is 5.12. The Morgan fingerprint density at radius 2 is 1.96 bits per heavy atom.